The molecule has 2 rings (SSSR count). The van der Waals surface area contributed by atoms with Gasteiger partial charge in [-0.15, -0.1) is 0 Å². The lowest BCUT2D eigenvalue weighted by Crippen LogP contribution is -2.48. The molecule has 1 aromatic carbocycles. The van der Waals surface area contributed by atoms with Crippen molar-refractivity contribution in [2.75, 3.05) is 6.54 Å². The summed E-state index contributed by atoms with van der Waals surface area (Å²) in [5.74, 6) is -0.567. The van der Waals surface area contributed by atoms with Gasteiger partial charge in [0.05, 0.1) is 6.54 Å². The lowest BCUT2D eigenvalue weighted by molar-refractivity contribution is -0.144. The van der Waals surface area contributed by atoms with Gasteiger partial charge in [-0.3, -0.25) is 4.79 Å². The molecule has 110 valence electrons. The standard InChI is InChI=1S/C14H16Cl3NO2/c1-9-4-6-10(7-5-9)11-8-18(13(2,3)20-11)12(19)14(15,16)17/h4-7,11H,8H2,1-3H3. The van der Waals surface area contributed by atoms with Gasteiger partial charge in [-0.25, -0.2) is 0 Å². The van der Waals surface area contributed by atoms with Crippen molar-refractivity contribution in [1.29, 1.82) is 0 Å². The first-order valence-corrected chi connectivity index (χ1v) is 7.38. The highest BCUT2D eigenvalue weighted by atomic mass is 35.6. The quantitative estimate of drug-likeness (QED) is 0.725. The molecular weight excluding hydrogens is 321 g/mol. The van der Waals surface area contributed by atoms with Crippen LogP contribution in [0.25, 0.3) is 0 Å². The summed E-state index contributed by atoms with van der Waals surface area (Å²) < 4.78 is 3.96. The second kappa shape index (κ2) is 5.38. The van der Waals surface area contributed by atoms with E-state index >= 15 is 0 Å². The molecule has 1 unspecified atom stereocenters. The average Bonchev–Trinajstić information content (AvgIpc) is 2.63. The predicted molar refractivity (Wildman–Crippen MR) is 81.1 cm³/mol. The lowest BCUT2D eigenvalue weighted by atomic mass is 10.1. The first-order valence-electron chi connectivity index (χ1n) is 6.24. The molecule has 1 fully saturated rings. The van der Waals surface area contributed by atoms with Crippen LogP contribution in [0.4, 0.5) is 0 Å². The molecular formula is C14H16Cl3NO2. The molecule has 1 atom stereocenters. The van der Waals surface area contributed by atoms with E-state index in [2.05, 4.69) is 0 Å². The minimum absolute atomic E-state index is 0.220. The van der Waals surface area contributed by atoms with Crippen molar-refractivity contribution < 1.29 is 9.53 Å². The van der Waals surface area contributed by atoms with Gasteiger partial charge < -0.3 is 9.64 Å². The van der Waals surface area contributed by atoms with Crippen LogP contribution in [0.15, 0.2) is 24.3 Å². The van der Waals surface area contributed by atoms with Crippen LogP contribution in [0, 0.1) is 6.92 Å². The zero-order valence-corrected chi connectivity index (χ0v) is 13.8. The Kier molecular flexibility index (Phi) is 4.27. The number of aryl methyl sites for hydroxylation is 1. The minimum atomic E-state index is -1.97. The molecule has 0 aliphatic carbocycles. The van der Waals surface area contributed by atoms with Gasteiger partial charge in [0.15, 0.2) is 0 Å². The molecule has 0 spiro atoms. The Morgan fingerprint density at radius 1 is 1.30 bits per heavy atom. The SMILES string of the molecule is Cc1ccc(C2CN(C(=O)C(Cl)(Cl)Cl)C(C)(C)O2)cc1. The summed E-state index contributed by atoms with van der Waals surface area (Å²) in [6, 6.07) is 7.98. The average molecular weight is 337 g/mol. The number of carbonyl (C=O) groups is 1. The maximum atomic E-state index is 12.2. The maximum absolute atomic E-state index is 12.2. The zero-order valence-electron chi connectivity index (χ0n) is 11.5. The Labute approximate surface area is 133 Å². The molecule has 3 nitrogen and oxygen atoms in total. The number of amides is 1. The van der Waals surface area contributed by atoms with Crippen LogP contribution in [0.3, 0.4) is 0 Å². The van der Waals surface area contributed by atoms with Gasteiger partial charge >= 0.3 is 0 Å². The second-order valence-corrected chi connectivity index (χ2v) is 7.66. The van der Waals surface area contributed by atoms with Crippen molar-refractivity contribution in [3.63, 3.8) is 0 Å². The second-order valence-electron chi connectivity index (χ2n) is 5.38. The smallest absolute Gasteiger partial charge is 0.277 e. The normalized spacial score (nSPS) is 22.1. The van der Waals surface area contributed by atoms with Crippen LogP contribution in [0.5, 0.6) is 0 Å². The molecule has 0 bridgehead atoms. The van der Waals surface area contributed by atoms with Crippen molar-refractivity contribution >= 4 is 40.7 Å². The minimum Gasteiger partial charge on any atom is -0.346 e. The summed E-state index contributed by atoms with van der Waals surface area (Å²) in [4.78, 5) is 13.6. The molecule has 1 amide bonds. The lowest BCUT2D eigenvalue weighted by Gasteiger charge is -2.31. The Hall–Kier alpha value is -0.480. The van der Waals surface area contributed by atoms with E-state index in [0.29, 0.717) is 6.54 Å². The molecule has 6 heteroatoms. The fourth-order valence-corrected chi connectivity index (χ4v) is 2.58. The predicted octanol–water partition coefficient (Wildman–Crippen LogP) is 4.00. The van der Waals surface area contributed by atoms with Crippen LogP contribution >= 0.6 is 34.8 Å². The largest absolute Gasteiger partial charge is 0.346 e. The van der Waals surface area contributed by atoms with Crippen molar-refractivity contribution in [3.05, 3.63) is 35.4 Å². The van der Waals surface area contributed by atoms with E-state index in [0.717, 1.165) is 5.56 Å². The number of hydrogen-bond donors (Lipinski definition) is 0. The Morgan fingerprint density at radius 3 is 2.35 bits per heavy atom. The number of hydrogen-bond acceptors (Lipinski definition) is 2. The van der Waals surface area contributed by atoms with Crippen molar-refractivity contribution in [2.24, 2.45) is 0 Å². The van der Waals surface area contributed by atoms with Crippen molar-refractivity contribution in [1.82, 2.24) is 4.90 Å². The van der Waals surface area contributed by atoms with Gasteiger partial charge in [-0.2, -0.15) is 0 Å². The number of alkyl halides is 3. The van der Waals surface area contributed by atoms with E-state index in [-0.39, 0.29) is 6.10 Å². The van der Waals surface area contributed by atoms with Crippen molar-refractivity contribution in [3.8, 4) is 0 Å². The molecule has 0 radical (unpaired) electrons. The summed E-state index contributed by atoms with van der Waals surface area (Å²) >= 11 is 17.1. The van der Waals surface area contributed by atoms with E-state index < -0.39 is 15.4 Å². The number of rotatable bonds is 1. The molecule has 1 aliphatic heterocycles. The maximum Gasteiger partial charge on any atom is 0.277 e. The van der Waals surface area contributed by atoms with E-state index in [4.69, 9.17) is 39.5 Å². The van der Waals surface area contributed by atoms with Gasteiger partial charge in [-0.05, 0) is 26.3 Å². The first-order chi connectivity index (χ1) is 9.11. The summed E-state index contributed by atoms with van der Waals surface area (Å²) in [5, 5.41) is 0. The van der Waals surface area contributed by atoms with E-state index in [1.807, 2.05) is 31.2 Å². The summed E-state index contributed by atoms with van der Waals surface area (Å²) in [6.45, 7) is 5.95. The van der Waals surface area contributed by atoms with Gasteiger partial charge in [-0.1, -0.05) is 64.6 Å². The fraction of sp³-hybridized carbons (Fsp3) is 0.500. The zero-order chi connectivity index (χ0) is 15.1. The molecule has 0 saturated carbocycles. The van der Waals surface area contributed by atoms with E-state index in [9.17, 15) is 4.79 Å². The number of halogens is 3. The van der Waals surface area contributed by atoms with Gasteiger partial charge in [0.2, 0.25) is 0 Å². The van der Waals surface area contributed by atoms with E-state index in [1.54, 1.807) is 13.8 Å². The highest BCUT2D eigenvalue weighted by molar-refractivity contribution is 6.76. The molecule has 1 aromatic rings. The number of benzene rings is 1. The highest BCUT2D eigenvalue weighted by Gasteiger charge is 2.48. The monoisotopic (exact) mass is 335 g/mol. The van der Waals surface area contributed by atoms with Gasteiger partial charge in [0, 0.05) is 0 Å². The molecule has 20 heavy (non-hydrogen) atoms. The molecule has 1 aliphatic rings. The third-order valence-electron chi connectivity index (χ3n) is 3.37. The van der Waals surface area contributed by atoms with Crippen molar-refractivity contribution in [2.45, 2.75) is 36.4 Å². The number of carbonyl (C=O) groups excluding carboxylic acids is 1. The first kappa shape index (κ1) is 15.9. The van der Waals surface area contributed by atoms with Gasteiger partial charge in [0.25, 0.3) is 9.70 Å². The third-order valence-corrected chi connectivity index (χ3v) is 3.85. The third kappa shape index (κ3) is 3.22. The van der Waals surface area contributed by atoms with Crippen LogP contribution in [-0.2, 0) is 9.53 Å². The topological polar surface area (TPSA) is 29.5 Å². The highest BCUT2D eigenvalue weighted by Crippen LogP contribution is 2.40. The summed E-state index contributed by atoms with van der Waals surface area (Å²) in [5.41, 5.74) is 1.36. The van der Waals surface area contributed by atoms with Crippen LogP contribution in [-0.4, -0.2) is 26.9 Å². The van der Waals surface area contributed by atoms with E-state index in [1.165, 1.54) is 10.5 Å². The molecule has 0 aromatic heterocycles. The molecule has 0 N–H and O–H groups in total. The Morgan fingerprint density at radius 2 is 1.85 bits per heavy atom. The Balaban J connectivity index is 2.23. The van der Waals surface area contributed by atoms with Crippen LogP contribution in [0.1, 0.15) is 31.1 Å². The molecule has 1 heterocycles. The van der Waals surface area contributed by atoms with Crippen LogP contribution < -0.4 is 0 Å². The fourth-order valence-electron chi connectivity index (χ4n) is 2.27. The van der Waals surface area contributed by atoms with Gasteiger partial charge in [0.1, 0.15) is 11.8 Å². The van der Waals surface area contributed by atoms with Crippen LogP contribution in [0.2, 0.25) is 0 Å². The summed E-state index contributed by atoms with van der Waals surface area (Å²) in [7, 11) is 0. The number of nitrogens with zero attached hydrogens (tertiary/aromatic N) is 1. The Bertz CT molecular complexity index is 508. The summed E-state index contributed by atoms with van der Waals surface area (Å²) in [6.07, 6.45) is -0.220. The molecule has 1 saturated heterocycles. The number of ether oxygens (including phenoxy) is 1.